The zero-order valence-corrected chi connectivity index (χ0v) is 13.4. The van der Waals surface area contributed by atoms with Gasteiger partial charge >= 0.3 is 0 Å². The van der Waals surface area contributed by atoms with Gasteiger partial charge in [0.1, 0.15) is 0 Å². The van der Waals surface area contributed by atoms with E-state index in [9.17, 15) is 5.11 Å². The Labute approximate surface area is 131 Å². The number of aryl methyl sites for hydroxylation is 1. The summed E-state index contributed by atoms with van der Waals surface area (Å²) in [6.07, 6.45) is -0.109. The zero-order chi connectivity index (χ0) is 14.0. The molecule has 1 atom stereocenters. The van der Waals surface area contributed by atoms with Crippen LogP contribution in [0.4, 0.5) is 0 Å². The van der Waals surface area contributed by atoms with Crippen molar-refractivity contribution in [3.05, 3.63) is 67.6 Å². The van der Waals surface area contributed by atoms with E-state index in [1.807, 2.05) is 37.3 Å². The molecule has 1 unspecified atom stereocenters. The van der Waals surface area contributed by atoms with Gasteiger partial charge in [-0.25, -0.2) is 0 Å². The second-order valence-corrected chi connectivity index (χ2v) is 6.19. The molecule has 100 valence electrons. The summed E-state index contributed by atoms with van der Waals surface area (Å²) in [5, 5.41) is 11.6. The van der Waals surface area contributed by atoms with E-state index in [2.05, 4.69) is 15.9 Å². The predicted octanol–water partition coefficient (Wildman–Crippen LogP) is 5.34. The third-order valence-corrected chi connectivity index (χ3v) is 4.26. The molecule has 2 aromatic carbocycles. The van der Waals surface area contributed by atoms with Crippen LogP contribution in [0.3, 0.4) is 0 Å². The number of benzene rings is 2. The topological polar surface area (TPSA) is 20.2 Å². The number of halogens is 3. The minimum absolute atomic E-state index is 0.479. The van der Waals surface area contributed by atoms with Gasteiger partial charge in [-0.1, -0.05) is 57.3 Å². The van der Waals surface area contributed by atoms with Crippen LogP contribution in [0.25, 0.3) is 0 Å². The Kier molecular flexibility index (Phi) is 4.91. The number of rotatable bonds is 3. The highest BCUT2D eigenvalue weighted by molar-refractivity contribution is 9.10. The van der Waals surface area contributed by atoms with Crippen LogP contribution in [0, 0.1) is 6.92 Å². The van der Waals surface area contributed by atoms with Crippen molar-refractivity contribution >= 4 is 39.1 Å². The molecule has 0 aliphatic heterocycles. The van der Waals surface area contributed by atoms with Gasteiger partial charge in [0, 0.05) is 20.9 Å². The first-order chi connectivity index (χ1) is 8.97. The molecule has 0 aromatic heterocycles. The smallest absolute Gasteiger partial charge is 0.0831 e. The third-order valence-electron chi connectivity index (χ3n) is 3.00. The second-order valence-electron chi connectivity index (χ2n) is 4.46. The molecule has 2 aromatic rings. The highest BCUT2D eigenvalue weighted by Crippen LogP contribution is 2.27. The maximum atomic E-state index is 10.3. The van der Waals surface area contributed by atoms with Crippen molar-refractivity contribution < 1.29 is 5.11 Å². The molecule has 4 heteroatoms. The van der Waals surface area contributed by atoms with Gasteiger partial charge in [0.2, 0.25) is 0 Å². The summed E-state index contributed by atoms with van der Waals surface area (Å²) in [5.74, 6) is 0. The maximum Gasteiger partial charge on any atom is 0.0831 e. The minimum atomic E-state index is -0.588. The summed E-state index contributed by atoms with van der Waals surface area (Å²) in [7, 11) is 0. The van der Waals surface area contributed by atoms with E-state index in [-0.39, 0.29) is 0 Å². The number of hydrogen-bond acceptors (Lipinski definition) is 1. The van der Waals surface area contributed by atoms with Gasteiger partial charge < -0.3 is 5.11 Å². The van der Waals surface area contributed by atoms with Gasteiger partial charge in [-0.05, 0) is 41.8 Å². The molecule has 0 saturated heterocycles. The van der Waals surface area contributed by atoms with Crippen molar-refractivity contribution in [1.29, 1.82) is 0 Å². The van der Waals surface area contributed by atoms with Crippen molar-refractivity contribution in [3.63, 3.8) is 0 Å². The molecule has 0 fully saturated rings. The lowest BCUT2D eigenvalue weighted by atomic mass is 10.00. The average molecular weight is 360 g/mol. The molecular weight excluding hydrogens is 347 g/mol. The summed E-state index contributed by atoms with van der Waals surface area (Å²) < 4.78 is 0.929. The van der Waals surface area contributed by atoms with Crippen LogP contribution >= 0.6 is 39.1 Å². The van der Waals surface area contributed by atoms with Crippen LogP contribution in [0.15, 0.2) is 40.9 Å². The van der Waals surface area contributed by atoms with Crippen molar-refractivity contribution in [2.45, 2.75) is 19.4 Å². The molecule has 0 heterocycles. The largest absolute Gasteiger partial charge is 0.388 e. The highest BCUT2D eigenvalue weighted by atomic mass is 79.9. The first kappa shape index (κ1) is 14.9. The Hall–Kier alpha value is -0.540. The quantitative estimate of drug-likeness (QED) is 0.784. The molecule has 1 nitrogen and oxygen atoms in total. The van der Waals surface area contributed by atoms with E-state index in [0.717, 1.165) is 21.2 Å². The third kappa shape index (κ3) is 3.73. The van der Waals surface area contributed by atoms with E-state index < -0.39 is 6.10 Å². The first-order valence-electron chi connectivity index (χ1n) is 5.85. The van der Waals surface area contributed by atoms with Gasteiger partial charge in [0.15, 0.2) is 0 Å². The molecule has 0 saturated carbocycles. The van der Waals surface area contributed by atoms with E-state index in [4.69, 9.17) is 23.2 Å². The SMILES string of the molecule is Cc1cc(C(O)Cc2ccc(Br)cc2Cl)ccc1Cl. The standard InChI is InChI=1S/C15H13BrCl2O/c1-9-6-11(3-5-13(9)17)15(19)7-10-2-4-12(16)8-14(10)18/h2-6,8,15,19H,7H2,1H3. The maximum absolute atomic E-state index is 10.3. The van der Waals surface area contributed by atoms with Crippen LogP contribution in [0.5, 0.6) is 0 Å². The fourth-order valence-corrected chi connectivity index (χ4v) is 2.76. The van der Waals surface area contributed by atoms with E-state index >= 15 is 0 Å². The summed E-state index contributed by atoms with van der Waals surface area (Å²) in [4.78, 5) is 0. The molecule has 0 amide bonds. The number of aliphatic hydroxyl groups is 1. The van der Waals surface area contributed by atoms with Crippen LogP contribution in [-0.2, 0) is 6.42 Å². The van der Waals surface area contributed by atoms with Gasteiger partial charge in [-0.2, -0.15) is 0 Å². The minimum Gasteiger partial charge on any atom is -0.388 e. The average Bonchev–Trinajstić information content (AvgIpc) is 2.36. The van der Waals surface area contributed by atoms with E-state index in [1.165, 1.54) is 0 Å². The lowest BCUT2D eigenvalue weighted by molar-refractivity contribution is 0.178. The van der Waals surface area contributed by atoms with Gasteiger partial charge in [0.05, 0.1) is 6.10 Å². The zero-order valence-electron chi connectivity index (χ0n) is 10.3. The monoisotopic (exact) mass is 358 g/mol. The van der Waals surface area contributed by atoms with Crippen molar-refractivity contribution in [2.24, 2.45) is 0 Å². The molecule has 2 rings (SSSR count). The van der Waals surface area contributed by atoms with E-state index in [1.54, 1.807) is 6.07 Å². The Morgan fingerprint density at radius 1 is 1.11 bits per heavy atom. The van der Waals surface area contributed by atoms with E-state index in [0.29, 0.717) is 16.5 Å². The molecule has 0 bridgehead atoms. The molecule has 0 radical (unpaired) electrons. The molecule has 0 aliphatic rings. The fourth-order valence-electron chi connectivity index (χ4n) is 1.89. The normalized spacial score (nSPS) is 12.5. The number of aliphatic hydroxyl groups excluding tert-OH is 1. The predicted molar refractivity (Wildman–Crippen MR) is 84.0 cm³/mol. The van der Waals surface area contributed by atoms with Gasteiger partial charge in [-0.3, -0.25) is 0 Å². The van der Waals surface area contributed by atoms with Crippen LogP contribution in [0.1, 0.15) is 22.8 Å². The van der Waals surface area contributed by atoms with Crippen LogP contribution < -0.4 is 0 Å². The van der Waals surface area contributed by atoms with Crippen molar-refractivity contribution in [1.82, 2.24) is 0 Å². The molecular formula is C15H13BrCl2O. The highest BCUT2D eigenvalue weighted by Gasteiger charge is 2.12. The Morgan fingerprint density at radius 3 is 2.47 bits per heavy atom. The Bertz CT molecular complexity index is 599. The Balaban J connectivity index is 2.20. The van der Waals surface area contributed by atoms with Crippen molar-refractivity contribution in [2.75, 3.05) is 0 Å². The van der Waals surface area contributed by atoms with Crippen LogP contribution in [0.2, 0.25) is 10.0 Å². The number of hydrogen-bond donors (Lipinski definition) is 1. The lowest BCUT2D eigenvalue weighted by Crippen LogP contribution is -2.02. The van der Waals surface area contributed by atoms with Crippen molar-refractivity contribution in [3.8, 4) is 0 Å². The summed E-state index contributed by atoms with van der Waals surface area (Å²) >= 11 is 15.5. The second kappa shape index (κ2) is 6.27. The molecule has 19 heavy (non-hydrogen) atoms. The molecule has 0 spiro atoms. The van der Waals surface area contributed by atoms with Crippen LogP contribution in [-0.4, -0.2) is 5.11 Å². The lowest BCUT2D eigenvalue weighted by Gasteiger charge is -2.13. The van der Waals surface area contributed by atoms with Gasteiger partial charge in [0.25, 0.3) is 0 Å². The summed E-state index contributed by atoms with van der Waals surface area (Å²) in [6.45, 7) is 1.92. The Morgan fingerprint density at radius 2 is 1.84 bits per heavy atom. The fraction of sp³-hybridized carbons (Fsp3) is 0.200. The molecule has 0 aliphatic carbocycles. The molecule has 1 N–H and O–H groups in total. The summed E-state index contributed by atoms with van der Waals surface area (Å²) in [5.41, 5.74) is 2.73. The summed E-state index contributed by atoms with van der Waals surface area (Å²) in [6, 6.07) is 11.2. The van der Waals surface area contributed by atoms with Gasteiger partial charge in [-0.15, -0.1) is 0 Å². The first-order valence-corrected chi connectivity index (χ1v) is 7.40.